The highest BCUT2D eigenvalue weighted by Gasteiger charge is 2.45. The minimum absolute atomic E-state index is 0.120. The number of carbonyl (C=O) groups is 2. The van der Waals surface area contributed by atoms with Crippen molar-refractivity contribution in [3.63, 3.8) is 0 Å². The Kier molecular flexibility index (Phi) is 5.07. The van der Waals surface area contributed by atoms with Gasteiger partial charge in [0, 0.05) is 18.6 Å². The van der Waals surface area contributed by atoms with E-state index in [1.165, 1.54) is 4.90 Å². The molecule has 1 heterocycles. The highest BCUT2D eigenvalue weighted by Crippen LogP contribution is 2.31. The van der Waals surface area contributed by atoms with Crippen molar-refractivity contribution in [2.45, 2.75) is 70.3 Å². The molecule has 0 aromatic heterocycles. The zero-order valence-electron chi connectivity index (χ0n) is 12.5. The van der Waals surface area contributed by atoms with E-state index >= 15 is 0 Å². The van der Waals surface area contributed by atoms with Crippen LogP contribution in [0.25, 0.3) is 0 Å². The van der Waals surface area contributed by atoms with Gasteiger partial charge >= 0.3 is 0 Å². The number of hydrogen-bond acceptors (Lipinski definition) is 4. The Morgan fingerprint density at radius 1 is 1.32 bits per heavy atom. The molecular weight excluding hydrogens is 262 g/mol. The summed E-state index contributed by atoms with van der Waals surface area (Å²) in [5, 5.41) is -0.484. The van der Waals surface area contributed by atoms with Crippen LogP contribution < -0.4 is 0 Å². The Bertz CT molecular complexity index is 364. The molecule has 1 aliphatic heterocycles. The highest BCUT2D eigenvalue weighted by molar-refractivity contribution is 7.81. The largest absolute Gasteiger partial charge is 0.376 e. The van der Waals surface area contributed by atoms with Crippen molar-refractivity contribution in [3.05, 3.63) is 0 Å². The van der Waals surface area contributed by atoms with Crippen molar-refractivity contribution in [2.24, 2.45) is 0 Å². The summed E-state index contributed by atoms with van der Waals surface area (Å²) >= 11 is 4.17. The maximum absolute atomic E-state index is 12.1. The van der Waals surface area contributed by atoms with Crippen LogP contribution in [0.15, 0.2) is 0 Å². The van der Waals surface area contributed by atoms with Crippen molar-refractivity contribution in [2.75, 3.05) is 6.61 Å². The minimum Gasteiger partial charge on any atom is -0.376 e. The summed E-state index contributed by atoms with van der Waals surface area (Å²) in [5.74, 6) is -0.293. The smallest absolute Gasteiger partial charge is 0.243 e. The number of likely N-dealkylation sites (tertiary alicyclic amines) is 1. The number of ether oxygens (including phenoxy) is 1. The van der Waals surface area contributed by atoms with Gasteiger partial charge in [0.25, 0.3) is 0 Å². The Hall–Kier alpha value is -0.550. The molecular formula is C14H25NO3S. The number of thiol groups is 1. The molecule has 4 nitrogen and oxygen atoms in total. The van der Waals surface area contributed by atoms with Crippen molar-refractivity contribution in [1.82, 2.24) is 4.90 Å². The molecule has 0 N–H and O–H groups in total. The van der Waals surface area contributed by atoms with Crippen LogP contribution in [0.3, 0.4) is 0 Å². The second kappa shape index (κ2) is 5.83. The number of amides is 2. The SMILES string of the molecule is CCC(C)(CCOC(C)(C)C)N1C(=O)CC(S)C1=O. The first kappa shape index (κ1) is 16.5. The van der Waals surface area contributed by atoms with E-state index in [0.29, 0.717) is 13.0 Å². The van der Waals surface area contributed by atoms with E-state index in [4.69, 9.17) is 4.74 Å². The Labute approximate surface area is 121 Å². The number of rotatable bonds is 5. The van der Waals surface area contributed by atoms with Gasteiger partial charge in [-0.2, -0.15) is 12.6 Å². The molecule has 110 valence electrons. The third-order valence-electron chi connectivity index (χ3n) is 3.60. The molecule has 2 amide bonds. The molecule has 0 aromatic rings. The summed E-state index contributed by atoms with van der Waals surface area (Å²) in [4.78, 5) is 25.4. The lowest BCUT2D eigenvalue weighted by atomic mass is 9.92. The van der Waals surface area contributed by atoms with Crippen LogP contribution in [0.1, 0.15) is 53.9 Å². The third kappa shape index (κ3) is 3.96. The van der Waals surface area contributed by atoms with E-state index in [9.17, 15) is 9.59 Å². The van der Waals surface area contributed by atoms with Crippen molar-refractivity contribution < 1.29 is 14.3 Å². The highest BCUT2D eigenvalue weighted by atomic mass is 32.1. The van der Waals surface area contributed by atoms with Crippen LogP contribution in [-0.2, 0) is 14.3 Å². The van der Waals surface area contributed by atoms with Gasteiger partial charge in [0.15, 0.2) is 0 Å². The predicted octanol–water partition coefficient (Wildman–Crippen LogP) is 2.42. The van der Waals surface area contributed by atoms with Gasteiger partial charge in [-0.05, 0) is 40.5 Å². The van der Waals surface area contributed by atoms with E-state index in [2.05, 4.69) is 12.6 Å². The molecule has 1 fully saturated rings. The minimum atomic E-state index is -0.484. The average Bonchev–Trinajstić information content (AvgIpc) is 2.51. The van der Waals surface area contributed by atoms with Crippen LogP contribution in [0, 0.1) is 0 Å². The zero-order chi connectivity index (χ0) is 14.8. The molecule has 0 radical (unpaired) electrons. The third-order valence-corrected chi connectivity index (χ3v) is 4.00. The van der Waals surface area contributed by atoms with Gasteiger partial charge in [0.1, 0.15) is 0 Å². The van der Waals surface area contributed by atoms with Crippen LogP contribution in [0.4, 0.5) is 0 Å². The first-order valence-corrected chi connectivity index (χ1v) is 7.31. The Morgan fingerprint density at radius 3 is 2.26 bits per heavy atom. The van der Waals surface area contributed by atoms with Crippen LogP contribution in [0.5, 0.6) is 0 Å². The predicted molar refractivity (Wildman–Crippen MR) is 78.3 cm³/mol. The fourth-order valence-corrected chi connectivity index (χ4v) is 2.48. The number of carbonyl (C=O) groups excluding carboxylic acids is 2. The van der Waals surface area contributed by atoms with Gasteiger partial charge in [-0.25, -0.2) is 0 Å². The second-order valence-electron chi connectivity index (χ2n) is 6.35. The maximum atomic E-state index is 12.1. The first-order valence-electron chi connectivity index (χ1n) is 6.79. The fourth-order valence-electron chi connectivity index (χ4n) is 2.21. The molecule has 1 rings (SSSR count). The quantitative estimate of drug-likeness (QED) is 0.624. The molecule has 1 saturated heterocycles. The van der Waals surface area contributed by atoms with Crippen LogP contribution in [0.2, 0.25) is 0 Å². The van der Waals surface area contributed by atoms with Gasteiger partial charge in [0.05, 0.1) is 10.9 Å². The number of hydrogen-bond donors (Lipinski definition) is 1. The summed E-state index contributed by atoms with van der Waals surface area (Å²) in [6.07, 6.45) is 1.58. The molecule has 2 unspecified atom stereocenters. The molecule has 19 heavy (non-hydrogen) atoms. The summed E-state index contributed by atoms with van der Waals surface area (Å²) in [5.41, 5.74) is -0.684. The summed E-state index contributed by atoms with van der Waals surface area (Å²) in [7, 11) is 0. The monoisotopic (exact) mass is 287 g/mol. The molecule has 1 aliphatic rings. The fraction of sp³-hybridized carbons (Fsp3) is 0.857. The molecule has 0 spiro atoms. The first-order chi connectivity index (χ1) is 8.60. The van der Waals surface area contributed by atoms with E-state index in [-0.39, 0.29) is 23.8 Å². The zero-order valence-corrected chi connectivity index (χ0v) is 13.4. The van der Waals surface area contributed by atoms with Crippen molar-refractivity contribution in [3.8, 4) is 0 Å². The summed E-state index contributed by atoms with van der Waals surface area (Å²) in [6.45, 7) is 10.4. The standard InChI is InChI=1S/C14H25NO3S/c1-6-14(5,7-8-18-13(2,3)4)15-11(16)9-10(19)12(15)17/h10,19H,6-9H2,1-5H3. The second-order valence-corrected chi connectivity index (χ2v) is 6.97. The van der Waals surface area contributed by atoms with Gasteiger partial charge in [-0.1, -0.05) is 6.92 Å². The topological polar surface area (TPSA) is 46.6 Å². The van der Waals surface area contributed by atoms with E-state index in [1.54, 1.807) is 0 Å². The van der Waals surface area contributed by atoms with Crippen LogP contribution in [-0.4, -0.2) is 39.7 Å². The average molecular weight is 287 g/mol. The lowest BCUT2D eigenvalue weighted by molar-refractivity contribution is -0.146. The normalized spacial score (nSPS) is 23.9. The molecule has 5 heteroatoms. The van der Waals surface area contributed by atoms with Crippen molar-refractivity contribution in [1.29, 1.82) is 0 Å². The lowest BCUT2D eigenvalue weighted by Gasteiger charge is -2.37. The number of imide groups is 1. The van der Waals surface area contributed by atoms with Gasteiger partial charge in [-0.15, -0.1) is 0 Å². The molecule has 0 bridgehead atoms. The van der Waals surface area contributed by atoms with Gasteiger partial charge < -0.3 is 4.74 Å². The Balaban J connectivity index is 2.74. The van der Waals surface area contributed by atoms with E-state index in [0.717, 1.165) is 6.42 Å². The van der Waals surface area contributed by atoms with E-state index < -0.39 is 10.8 Å². The maximum Gasteiger partial charge on any atom is 0.243 e. The summed E-state index contributed by atoms with van der Waals surface area (Å²) in [6, 6.07) is 0. The molecule has 2 atom stereocenters. The molecule has 0 aliphatic carbocycles. The molecule has 0 saturated carbocycles. The Morgan fingerprint density at radius 2 is 1.89 bits per heavy atom. The van der Waals surface area contributed by atoms with Gasteiger partial charge in [0.2, 0.25) is 11.8 Å². The number of nitrogens with zero attached hydrogens (tertiary/aromatic N) is 1. The van der Waals surface area contributed by atoms with E-state index in [1.807, 2.05) is 34.6 Å². The summed E-state index contributed by atoms with van der Waals surface area (Å²) < 4.78 is 5.72. The van der Waals surface area contributed by atoms with Crippen molar-refractivity contribution >= 4 is 24.4 Å². The van der Waals surface area contributed by atoms with Crippen LogP contribution >= 0.6 is 12.6 Å². The van der Waals surface area contributed by atoms with Gasteiger partial charge in [-0.3, -0.25) is 14.5 Å². The lowest BCUT2D eigenvalue weighted by Crippen LogP contribution is -2.50. The molecule has 0 aromatic carbocycles.